The Balaban J connectivity index is 1.59. The van der Waals surface area contributed by atoms with E-state index in [2.05, 4.69) is 10.3 Å². The van der Waals surface area contributed by atoms with Crippen LogP contribution in [-0.2, 0) is 22.0 Å². The van der Waals surface area contributed by atoms with E-state index in [9.17, 15) is 18.3 Å². The molecule has 0 bridgehead atoms. The van der Waals surface area contributed by atoms with E-state index in [1.54, 1.807) is 28.8 Å². The van der Waals surface area contributed by atoms with Crippen molar-refractivity contribution >= 4 is 32.6 Å². The summed E-state index contributed by atoms with van der Waals surface area (Å²) in [6.45, 7) is 2.37. The molecule has 0 saturated heterocycles. The fourth-order valence-corrected chi connectivity index (χ4v) is 5.15. The van der Waals surface area contributed by atoms with Crippen LogP contribution in [0.5, 0.6) is 0 Å². The van der Waals surface area contributed by atoms with Crippen LogP contribution >= 0.6 is 0 Å². The minimum absolute atomic E-state index is 0.105. The molecule has 5 aromatic rings. The van der Waals surface area contributed by atoms with E-state index in [-0.39, 0.29) is 10.6 Å². The summed E-state index contributed by atoms with van der Waals surface area (Å²) in [5, 5.41) is 15.0. The lowest BCUT2D eigenvalue weighted by Crippen LogP contribution is -2.32. The van der Waals surface area contributed by atoms with Crippen LogP contribution in [0.1, 0.15) is 34.4 Å². The van der Waals surface area contributed by atoms with Crippen LogP contribution in [0, 0.1) is 0 Å². The fourth-order valence-electron chi connectivity index (χ4n) is 4.49. The zero-order valence-corrected chi connectivity index (χ0v) is 21.7. The predicted octanol–water partition coefficient (Wildman–Crippen LogP) is 4.39. The molecule has 0 aliphatic carbocycles. The Morgan fingerprint density at radius 3 is 2.11 bits per heavy atom. The molecule has 2 aromatic heterocycles. The van der Waals surface area contributed by atoms with Gasteiger partial charge in [0.05, 0.1) is 4.90 Å². The summed E-state index contributed by atoms with van der Waals surface area (Å²) in [6, 6.07) is 27.9. The molecule has 2 N–H and O–H groups in total. The van der Waals surface area contributed by atoms with Crippen LogP contribution in [0.3, 0.4) is 0 Å². The number of carbonyl (C=O) groups is 1. The first kappa shape index (κ1) is 25.3. The van der Waals surface area contributed by atoms with Gasteiger partial charge in [0, 0.05) is 18.5 Å². The molecule has 5 rings (SSSR count). The van der Waals surface area contributed by atoms with Gasteiger partial charge in [-0.3, -0.25) is 4.79 Å². The average Bonchev–Trinajstić information content (AvgIpc) is 3.31. The Kier molecular flexibility index (Phi) is 6.56. The van der Waals surface area contributed by atoms with Gasteiger partial charge in [0.2, 0.25) is 0 Å². The molecular weight excluding hydrogens is 500 g/mol. The topological polar surface area (TPSA) is 114 Å². The van der Waals surface area contributed by atoms with Crippen LogP contribution < -0.4 is 5.32 Å². The Morgan fingerprint density at radius 1 is 0.895 bits per heavy atom. The highest BCUT2D eigenvalue weighted by Crippen LogP contribution is 2.37. The summed E-state index contributed by atoms with van der Waals surface area (Å²) < 4.78 is 25.6. The largest absolute Gasteiger partial charge is 0.373 e. The molecule has 0 saturated carbocycles. The molecule has 3 aromatic carbocycles. The number of hydrogen-bond acceptors (Lipinski definition) is 6. The second-order valence-corrected chi connectivity index (χ2v) is 10.9. The van der Waals surface area contributed by atoms with Crippen LogP contribution in [0.15, 0.2) is 102 Å². The summed E-state index contributed by atoms with van der Waals surface area (Å²) in [4.78, 5) is 22.5. The van der Waals surface area contributed by atoms with Gasteiger partial charge in [0.15, 0.2) is 26.9 Å². The first-order valence-corrected chi connectivity index (χ1v) is 13.9. The molecule has 0 unspecified atom stereocenters. The van der Waals surface area contributed by atoms with Gasteiger partial charge in [0.1, 0.15) is 11.2 Å². The van der Waals surface area contributed by atoms with Gasteiger partial charge in [-0.1, -0.05) is 66.7 Å². The summed E-state index contributed by atoms with van der Waals surface area (Å²) in [6.07, 6.45) is 1.11. The van der Waals surface area contributed by atoms with Crippen molar-refractivity contribution in [1.29, 1.82) is 0 Å². The van der Waals surface area contributed by atoms with E-state index < -0.39 is 21.3 Å². The number of aryl methyl sites for hydroxylation is 1. The van der Waals surface area contributed by atoms with Crippen LogP contribution in [0.2, 0.25) is 0 Å². The molecule has 2 heterocycles. The van der Waals surface area contributed by atoms with Crippen molar-refractivity contribution < 1.29 is 18.3 Å². The number of amides is 1. The maximum absolute atomic E-state index is 13.1. The number of aromatic nitrogens is 3. The number of carbonyl (C=O) groups excluding carboxylic acids is 1. The molecule has 0 atom stereocenters. The molecule has 1 amide bonds. The van der Waals surface area contributed by atoms with E-state index in [0.29, 0.717) is 40.3 Å². The number of sulfone groups is 1. The van der Waals surface area contributed by atoms with Crippen molar-refractivity contribution in [2.24, 2.45) is 0 Å². The van der Waals surface area contributed by atoms with Crippen LogP contribution in [-0.4, -0.2) is 40.2 Å². The molecule has 9 heteroatoms. The Labute approximate surface area is 220 Å². The summed E-state index contributed by atoms with van der Waals surface area (Å²) in [5.41, 5.74) is 1.19. The Morgan fingerprint density at radius 2 is 1.53 bits per heavy atom. The van der Waals surface area contributed by atoms with Gasteiger partial charge < -0.3 is 15.0 Å². The lowest BCUT2D eigenvalue weighted by molar-refractivity contribution is 0.102. The maximum Gasteiger partial charge on any atom is 0.274 e. The highest BCUT2D eigenvalue weighted by Gasteiger charge is 2.39. The van der Waals surface area contributed by atoms with Crippen molar-refractivity contribution in [3.63, 3.8) is 0 Å². The monoisotopic (exact) mass is 526 g/mol. The van der Waals surface area contributed by atoms with E-state index in [4.69, 9.17) is 4.98 Å². The number of hydrogen-bond donors (Lipinski definition) is 2. The Bertz CT molecular complexity index is 1690. The van der Waals surface area contributed by atoms with Gasteiger partial charge in [-0.15, -0.1) is 0 Å². The normalized spacial score (nSPS) is 12.0. The molecule has 0 aliphatic rings. The second-order valence-electron chi connectivity index (χ2n) is 8.92. The van der Waals surface area contributed by atoms with Crippen molar-refractivity contribution in [3.05, 3.63) is 120 Å². The van der Waals surface area contributed by atoms with Gasteiger partial charge >= 0.3 is 0 Å². The molecule has 8 nitrogen and oxygen atoms in total. The molecule has 0 aliphatic heterocycles. The summed E-state index contributed by atoms with van der Waals surface area (Å²) in [5.74, 6) is -0.109. The SMILES string of the molecule is CCn1c(C(O)(c2ccccc2)c2ccccc2)nc2ccc(C(=O)Nc3cccc(S(C)(=O)=O)c3)nc21. The maximum atomic E-state index is 13.1. The van der Waals surface area contributed by atoms with Gasteiger partial charge in [0.25, 0.3) is 5.91 Å². The number of nitrogens with one attached hydrogen (secondary N) is 1. The van der Waals surface area contributed by atoms with E-state index in [0.717, 1.165) is 6.26 Å². The highest BCUT2D eigenvalue weighted by atomic mass is 32.2. The molecule has 0 fully saturated rings. The number of pyridine rings is 1. The number of benzene rings is 3. The Hall–Kier alpha value is -4.34. The quantitative estimate of drug-likeness (QED) is 0.325. The molecule has 38 heavy (non-hydrogen) atoms. The third kappa shape index (κ3) is 4.57. The van der Waals surface area contributed by atoms with E-state index in [1.807, 2.05) is 67.6 Å². The fraction of sp³-hybridized carbons (Fsp3) is 0.138. The van der Waals surface area contributed by atoms with Crippen molar-refractivity contribution in [1.82, 2.24) is 14.5 Å². The van der Waals surface area contributed by atoms with E-state index >= 15 is 0 Å². The van der Waals surface area contributed by atoms with Gasteiger partial charge in [-0.2, -0.15) is 0 Å². The second kappa shape index (κ2) is 9.85. The third-order valence-electron chi connectivity index (χ3n) is 6.37. The third-order valence-corrected chi connectivity index (χ3v) is 7.48. The minimum Gasteiger partial charge on any atom is -0.373 e. The first-order valence-electron chi connectivity index (χ1n) is 12.0. The minimum atomic E-state index is -3.42. The van der Waals surface area contributed by atoms with Gasteiger partial charge in [-0.25, -0.2) is 18.4 Å². The number of anilines is 1. The van der Waals surface area contributed by atoms with Crippen molar-refractivity contribution in [2.75, 3.05) is 11.6 Å². The van der Waals surface area contributed by atoms with Crippen molar-refractivity contribution in [3.8, 4) is 0 Å². The van der Waals surface area contributed by atoms with Gasteiger partial charge in [-0.05, 0) is 48.4 Å². The molecule has 0 radical (unpaired) electrons. The number of imidazole rings is 1. The predicted molar refractivity (Wildman–Crippen MR) is 146 cm³/mol. The standard InChI is InChI=1S/C29H26N4O4S/c1-3-33-26-24(17-18-25(31-26)27(34)30-22-15-10-16-23(19-22)38(2,36)37)32-28(33)29(35,20-11-6-4-7-12-20)21-13-8-5-9-14-21/h4-19,35H,3H2,1-2H3,(H,30,34). The lowest BCUT2D eigenvalue weighted by Gasteiger charge is -2.29. The van der Waals surface area contributed by atoms with Crippen LogP contribution in [0.25, 0.3) is 11.2 Å². The molecular formula is C29H26N4O4S. The van der Waals surface area contributed by atoms with E-state index in [1.165, 1.54) is 12.1 Å². The van der Waals surface area contributed by atoms with Crippen LogP contribution in [0.4, 0.5) is 5.69 Å². The number of rotatable bonds is 7. The molecule has 0 spiro atoms. The number of fused-ring (bicyclic) bond motifs is 1. The average molecular weight is 527 g/mol. The van der Waals surface area contributed by atoms with Crippen molar-refractivity contribution in [2.45, 2.75) is 24.0 Å². The zero-order valence-electron chi connectivity index (χ0n) is 20.9. The number of nitrogens with zero attached hydrogens (tertiary/aromatic N) is 3. The molecule has 192 valence electrons. The lowest BCUT2D eigenvalue weighted by atomic mass is 9.85. The zero-order chi connectivity index (χ0) is 26.9. The first-order chi connectivity index (χ1) is 18.2. The summed E-state index contributed by atoms with van der Waals surface area (Å²) >= 11 is 0. The summed E-state index contributed by atoms with van der Waals surface area (Å²) in [7, 11) is -3.42. The smallest absolute Gasteiger partial charge is 0.274 e. The highest BCUT2D eigenvalue weighted by molar-refractivity contribution is 7.90. The number of aliphatic hydroxyl groups is 1.